The second-order valence-corrected chi connectivity index (χ2v) is 6.93. The van der Waals surface area contributed by atoms with Crippen LogP contribution in [-0.4, -0.2) is 21.8 Å². The molecule has 0 fully saturated rings. The maximum absolute atomic E-state index is 12.4. The molecule has 0 radical (unpaired) electrons. The Bertz CT molecular complexity index is 1060. The van der Waals surface area contributed by atoms with Gasteiger partial charge in [0.2, 0.25) is 5.91 Å². The quantitative estimate of drug-likeness (QED) is 0.338. The van der Waals surface area contributed by atoms with Crippen LogP contribution in [0.25, 0.3) is 0 Å². The minimum absolute atomic E-state index is 0.113. The van der Waals surface area contributed by atoms with Crippen LogP contribution in [0.3, 0.4) is 0 Å². The number of benzene rings is 2. The zero-order valence-corrected chi connectivity index (χ0v) is 16.5. The highest BCUT2D eigenvalue weighted by atomic mass is 32.1. The summed E-state index contributed by atoms with van der Waals surface area (Å²) >= 11 is 1.25. The summed E-state index contributed by atoms with van der Waals surface area (Å²) in [5.41, 5.74) is 1.39. The van der Waals surface area contributed by atoms with Crippen molar-refractivity contribution in [2.45, 2.75) is 20.5 Å². The Morgan fingerprint density at radius 3 is 2.55 bits per heavy atom. The van der Waals surface area contributed by atoms with Crippen molar-refractivity contribution in [2.75, 3.05) is 4.90 Å². The van der Waals surface area contributed by atoms with Crippen molar-refractivity contribution >= 4 is 39.7 Å². The maximum atomic E-state index is 12.4. The van der Waals surface area contributed by atoms with E-state index >= 15 is 0 Å². The molecule has 148 valence electrons. The molecule has 0 aliphatic heterocycles. The Morgan fingerprint density at radius 2 is 1.90 bits per heavy atom. The first-order chi connectivity index (χ1) is 13.9. The third-order valence-corrected chi connectivity index (χ3v) is 5.01. The van der Waals surface area contributed by atoms with Crippen molar-refractivity contribution in [3.63, 3.8) is 0 Å². The van der Waals surface area contributed by atoms with Crippen molar-refractivity contribution in [2.24, 2.45) is 0 Å². The number of anilines is 2. The van der Waals surface area contributed by atoms with E-state index in [1.165, 1.54) is 48.3 Å². The minimum Gasteiger partial charge on any atom is -0.456 e. The first-order valence-electron chi connectivity index (χ1n) is 8.59. The molecule has 2 aromatic carbocycles. The molecule has 0 saturated heterocycles. The summed E-state index contributed by atoms with van der Waals surface area (Å²) in [5.74, 6) is -0.867. The van der Waals surface area contributed by atoms with Crippen molar-refractivity contribution in [1.29, 1.82) is 0 Å². The van der Waals surface area contributed by atoms with E-state index in [0.717, 1.165) is 0 Å². The smallest absolute Gasteiger partial charge is 0.339 e. The average molecular weight is 411 g/mol. The molecule has 9 heteroatoms. The van der Waals surface area contributed by atoms with Gasteiger partial charge >= 0.3 is 5.97 Å². The average Bonchev–Trinajstić information content (AvgIpc) is 3.15. The molecular formula is C20H17N3O5S. The van der Waals surface area contributed by atoms with E-state index in [9.17, 15) is 19.7 Å². The fraction of sp³-hybridized carbons (Fsp3) is 0.150. The van der Waals surface area contributed by atoms with Gasteiger partial charge in [0.05, 0.1) is 21.9 Å². The van der Waals surface area contributed by atoms with Gasteiger partial charge in [-0.15, -0.1) is 11.3 Å². The second kappa shape index (κ2) is 8.61. The molecule has 0 aliphatic rings. The lowest BCUT2D eigenvalue weighted by molar-refractivity contribution is -0.385. The van der Waals surface area contributed by atoms with E-state index in [-0.39, 0.29) is 29.3 Å². The first-order valence-corrected chi connectivity index (χ1v) is 9.47. The summed E-state index contributed by atoms with van der Waals surface area (Å²) in [7, 11) is 0. The minimum atomic E-state index is -0.674. The van der Waals surface area contributed by atoms with Crippen LogP contribution in [0.1, 0.15) is 28.5 Å². The number of rotatable bonds is 6. The van der Waals surface area contributed by atoms with E-state index in [0.29, 0.717) is 16.5 Å². The Hall–Kier alpha value is -3.59. The van der Waals surface area contributed by atoms with Crippen LogP contribution in [0.15, 0.2) is 53.9 Å². The normalized spacial score (nSPS) is 10.4. The van der Waals surface area contributed by atoms with E-state index in [1.807, 2.05) is 18.2 Å². The molecule has 1 heterocycles. The highest BCUT2D eigenvalue weighted by Gasteiger charge is 2.21. The summed E-state index contributed by atoms with van der Waals surface area (Å²) in [6.45, 7) is 2.83. The topological polar surface area (TPSA) is 103 Å². The number of amides is 1. The fourth-order valence-electron chi connectivity index (χ4n) is 2.73. The Morgan fingerprint density at radius 1 is 1.17 bits per heavy atom. The number of carbonyl (C=O) groups excluding carboxylic acids is 2. The van der Waals surface area contributed by atoms with Crippen LogP contribution in [0.2, 0.25) is 0 Å². The third-order valence-electron chi connectivity index (χ3n) is 4.13. The summed E-state index contributed by atoms with van der Waals surface area (Å²) < 4.78 is 5.27. The number of thiazole rings is 1. The van der Waals surface area contributed by atoms with Crippen molar-refractivity contribution in [3.05, 3.63) is 80.8 Å². The molecule has 0 N–H and O–H groups in total. The number of nitro groups is 1. The van der Waals surface area contributed by atoms with Gasteiger partial charge in [0.25, 0.3) is 5.69 Å². The molecular weight excluding hydrogens is 394 g/mol. The van der Waals surface area contributed by atoms with E-state index in [1.54, 1.807) is 17.5 Å². The molecule has 3 rings (SSSR count). The second-order valence-electron chi connectivity index (χ2n) is 6.09. The SMILES string of the molecule is CC(=O)N(c1ccccc1)c1nc(COC(=O)c2cccc([N+](=O)[O-])c2C)cs1. The van der Waals surface area contributed by atoms with Crippen molar-refractivity contribution in [3.8, 4) is 0 Å². The van der Waals surface area contributed by atoms with Crippen LogP contribution in [0.5, 0.6) is 0 Å². The molecule has 1 amide bonds. The summed E-state index contributed by atoms with van der Waals surface area (Å²) in [4.78, 5) is 40.8. The van der Waals surface area contributed by atoms with Crippen LogP contribution in [0.4, 0.5) is 16.5 Å². The number of hydrogen-bond acceptors (Lipinski definition) is 7. The first kappa shape index (κ1) is 20.2. The van der Waals surface area contributed by atoms with Gasteiger partial charge in [-0.05, 0) is 25.1 Å². The highest BCUT2D eigenvalue weighted by Crippen LogP contribution is 2.29. The lowest BCUT2D eigenvalue weighted by Gasteiger charge is -2.17. The van der Waals surface area contributed by atoms with Gasteiger partial charge < -0.3 is 4.74 Å². The van der Waals surface area contributed by atoms with Gasteiger partial charge in [0, 0.05) is 23.9 Å². The summed E-state index contributed by atoms with van der Waals surface area (Å²) in [6.07, 6.45) is 0. The van der Waals surface area contributed by atoms with Gasteiger partial charge in [-0.3, -0.25) is 19.8 Å². The Labute approximate surface area is 170 Å². The molecule has 3 aromatic rings. The largest absolute Gasteiger partial charge is 0.456 e. The lowest BCUT2D eigenvalue weighted by atomic mass is 10.1. The zero-order chi connectivity index (χ0) is 21.0. The highest BCUT2D eigenvalue weighted by molar-refractivity contribution is 7.14. The van der Waals surface area contributed by atoms with Crippen LogP contribution >= 0.6 is 11.3 Å². The van der Waals surface area contributed by atoms with Gasteiger partial charge in [-0.2, -0.15) is 0 Å². The predicted octanol–water partition coefficient (Wildman–Crippen LogP) is 4.40. The van der Waals surface area contributed by atoms with Crippen LogP contribution < -0.4 is 4.90 Å². The number of aromatic nitrogens is 1. The monoisotopic (exact) mass is 411 g/mol. The number of nitrogens with zero attached hydrogens (tertiary/aromatic N) is 3. The number of esters is 1. The summed E-state index contributed by atoms with van der Waals surface area (Å²) in [6, 6.07) is 13.3. The fourth-order valence-corrected chi connectivity index (χ4v) is 3.60. The molecule has 8 nitrogen and oxygen atoms in total. The van der Waals surface area contributed by atoms with Crippen LogP contribution in [0, 0.1) is 17.0 Å². The third kappa shape index (κ3) is 4.46. The van der Waals surface area contributed by atoms with Crippen LogP contribution in [-0.2, 0) is 16.1 Å². The molecule has 0 unspecified atom stereocenters. The van der Waals surface area contributed by atoms with E-state index < -0.39 is 10.9 Å². The number of carbonyl (C=O) groups is 2. The van der Waals surface area contributed by atoms with Crippen molar-refractivity contribution < 1.29 is 19.2 Å². The molecule has 0 bridgehead atoms. The summed E-state index contributed by atoms with van der Waals surface area (Å²) in [5, 5.41) is 13.2. The number of ether oxygens (including phenoxy) is 1. The Kier molecular flexibility index (Phi) is 5.99. The Balaban J connectivity index is 1.74. The number of para-hydroxylation sites is 1. The standard InChI is InChI=1S/C20H17N3O5S/c1-13-17(9-6-10-18(13)23(26)27)19(25)28-11-15-12-29-20(21-15)22(14(2)24)16-7-4-3-5-8-16/h3-10,12H,11H2,1-2H3. The zero-order valence-electron chi connectivity index (χ0n) is 15.7. The maximum Gasteiger partial charge on any atom is 0.339 e. The molecule has 0 atom stereocenters. The van der Waals surface area contributed by atoms with E-state index in [2.05, 4.69) is 4.98 Å². The number of hydrogen-bond donors (Lipinski definition) is 0. The number of nitro benzene ring substituents is 1. The lowest BCUT2D eigenvalue weighted by Crippen LogP contribution is -2.22. The molecule has 0 spiro atoms. The van der Waals surface area contributed by atoms with E-state index in [4.69, 9.17) is 4.74 Å². The molecule has 29 heavy (non-hydrogen) atoms. The molecule has 0 aliphatic carbocycles. The van der Waals surface area contributed by atoms with Crippen molar-refractivity contribution in [1.82, 2.24) is 4.98 Å². The molecule has 1 aromatic heterocycles. The predicted molar refractivity (Wildman–Crippen MR) is 108 cm³/mol. The van der Waals surface area contributed by atoms with Gasteiger partial charge in [0.15, 0.2) is 5.13 Å². The van der Waals surface area contributed by atoms with Gasteiger partial charge in [-0.1, -0.05) is 24.3 Å². The molecule has 0 saturated carbocycles. The van der Waals surface area contributed by atoms with Gasteiger partial charge in [0.1, 0.15) is 6.61 Å². The van der Waals surface area contributed by atoms with Gasteiger partial charge in [-0.25, -0.2) is 9.78 Å².